The summed E-state index contributed by atoms with van der Waals surface area (Å²) in [5, 5.41) is 11.3. The molecule has 1 atom stereocenters. The summed E-state index contributed by atoms with van der Waals surface area (Å²) in [6.07, 6.45) is 3.69. The number of carbonyl (C=O) groups is 2. The number of pyridine rings is 1. The van der Waals surface area contributed by atoms with Crippen molar-refractivity contribution in [1.82, 2.24) is 24.8 Å². The Hall–Kier alpha value is -2.44. The summed E-state index contributed by atoms with van der Waals surface area (Å²) in [6.45, 7) is 6.70. The van der Waals surface area contributed by atoms with Crippen molar-refractivity contribution in [2.45, 2.75) is 45.6 Å². The largest absolute Gasteiger partial charge is 0.344 e. The van der Waals surface area contributed by atoms with Crippen molar-refractivity contribution < 1.29 is 9.59 Å². The second kappa shape index (κ2) is 7.21. The Kier molecular flexibility index (Phi) is 5.01. The zero-order chi connectivity index (χ0) is 18.0. The van der Waals surface area contributed by atoms with Crippen LogP contribution < -0.4 is 5.32 Å². The van der Waals surface area contributed by atoms with Gasteiger partial charge in [0.15, 0.2) is 5.65 Å². The van der Waals surface area contributed by atoms with Crippen molar-refractivity contribution in [1.29, 1.82) is 0 Å². The molecule has 1 fully saturated rings. The van der Waals surface area contributed by atoms with Crippen molar-refractivity contribution in [2.75, 3.05) is 13.1 Å². The topological polar surface area (TPSA) is 79.6 Å². The quantitative estimate of drug-likeness (QED) is 0.914. The summed E-state index contributed by atoms with van der Waals surface area (Å²) in [6, 6.07) is 5.40. The van der Waals surface area contributed by atoms with Gasteiger partial charge in [0.2, 0.25) is 11.8 Å². The summed E-state index contributed by atoms with van der Waals surface area (Å²) < 4.78 is 2.02. The van der Waals surface area contributed by atoms with E-state index in [4.69, 9.17) is 0 Å². The third kappa shape index (κ3) is 3.65. The maximum absolute atomic E-state index is 12.8. The van der Waals surface area contributed by atoms with Gasteiger partial charge in [0.05, 0.1) is 0 Å². The minimum absolute atomic E-state index is 0.00903. The summed E-state index contributed by atoms with van der Waals surface area (Å²) in [4.78, 5) is 26.0. The van der Waals surface area contributed by atoms with Crippen molar-refractivity contribution >= 4 is 17.5 Å². The highest BCUT2D eigenvalue weighted by molar-refractivity contribution is 5.87. The fourth-order valence-electron chi connectivity index (χ4n) is 3.43. The molecule has 2 aromatic rings. The predicted molar refractivity (Wildman–Crippen MR) is 94.0 cm³/mol. The van der Waals surface area contributed by atoms with Crippen LogP contribution in [0, 0.1) is 5.92 Å². The standard InChI is InChI=1S/C18H25N5O2/c1-12(2)16(19-13(3)24)18(25)22-10-7-14(8-11-22)17-21-20-15-6-4-5-9-23(15)17/h4-6,9,12,14,16H,7-8,10-11H2,1-3H3,(H,19,24). The zero-order valence-corrected chi connectivity index (χ0v) is 15.0. The summed E-state index contributed by atoms with van der Waals surface area (Å²) in [7, 11) is 0. The van der Waals surface area contributed by atoms with Gasteiger partial charge < -0.3 is 10.2 Å². The number of likely N-dealkylation sites (tertiary alicyclic amines) is 1. The Morgan fingerprint density at radius 1 is 1.20 bits per heavy atom. The minimum atomic E-state index is -0.456. The van der Waals surface area contributed by atoms with Gasteiger partial charge in [-0.3, -0.25) is 14.0 Å². The molecule has 0 bridgehead atoms. The van der Waals surface area contributed by atoms with E-state index in [2.05, 4.69) is 15.5 Å². The molecule has 0 aromatic carbocycles. The van der Waals surface area contributed by atoms with Gasteiger partial charge in [0, 0.05) is 32.1 Å². The van der Waals surface area contributed by atoms with E-state index < -0.39 is 6.04 Å². The maximum Gasteiger partial charge on any atom is 0.245 e. The molecule has 2 aromatic heterocycles. The van der Waals surface area contributed by atoms with E-state index in [-0.39, 0.29) is 17.7 Å². The van der Waals surface area contributed by atoms with Crippen LogP contribution in [0.1, 0.15) is 45.4 Å². The van der Waals surface area contributed by atoms with Gasteiger partial charge in [-0.2, -0.15) is 0 Å². The highest BCUT2D eigenvalue weighted by atomic mass is 16.2. The summed E-state index contributed by atoms with van der Waals surface area (Å²) in [5.74, 6) is 1.16. The van der Waals surface area contributed by atoms with Gasteiger partial charge in [-0.15, -0.1) is 10.2 Å². The number of nitrogens with one attached hydrogen (secondary N) is 1. The molecule has 3 heterocycles. The molecule has 3 rings (SSSR count). The molecule has 0 radical (unpaired) electrons. The highest BCUT2D eigenvalue weighted by Gasteiger charge is 2.32. The minimum Gasteiger partial charge on any atom is -0.344 e. The Balaban J connectivity index is 1.67. The second-order valence-corrected chi connectivity index (χ2v) is 7.01. The van der Waals surface area contributed by atoms with E-state index in [1.54, 1.807) is 0 Å². The van der Waals surface area contributed by atoms with Crippen LogP contribution in [-0.2, 0) is 9.59 Å². The van der Waals surface area contributed by atoms with Crippen LogP contribution in [-0.4, -0.2) is 50.4 Å². The van der Waals surface area contributed by atoms with Crippen LogP contribution >= 0.6 is 0 Å². The maximum atomic E-state index is 12.8. The van der Waals surface area contributed by atoms with Crippen LogP contribution in [0.15, 0.2) is 24.4 Å². The van der Waals surface area contributed by atoms with Crippen LogP contribution in [0.25, 0.3) is 5.65 Å². The number of hydrogen-bond acceptors (Lipinski definition) is 4. The van der Waals surface area contributed by atoms with Gasteiger partial charge in [-0.05, 0) is 30.9 Å². The third-order valence-electron chi connectivity index (χ3n) is 4.80. The van der Waals surface area contributed by atoms with Crippen molar-refractivity contribution in [3.8, 4) is 0 Å². The first-order valence-electron chi connectivity index (χ1n) is 8.83. The molecule has 0 aliphatic carbocycles. The normalized spacial score (nSPS) is 17.0. The van der Waals surface area contributed by atoms with Crippen LogP contribution in [0.2, 0.25) is 0 Å². The van der Waals surface area contributed by atoms with E-state index in [1.165, 1.54) is 6.92 Å². The number of nitrogens with zero attached hydrogens (tertiary/aromatic N) is 4. The first-order valence-corrected chi connectivity index (χ1v) is 8.83. The second-order valence-electron chi connectivity index (χ2n) is 7.01. The van der Waals surface area contributed by atoms with Crippen molar-refractivity contribution in [3.63, 3.8) is 0 Å². The molecule has 0 spiro atoms. The Morgan fingerprint density at radius 3 is 2.56 bits per heavy atom. The van der Waals surface area contributed by atoms with Gasteiger partial charge >= 0.3 is 0 Å². The average molecular weight is 343 g/mol. The number of carbonyl (C=O) groups excluding carboxylic acids is 2. The lowest BCUT2D eigenvalue weighted by Gasteiger charge is -2.34. The SMILES string of the molecule is CC(=O)NC(C(=O)N1CCC(c2nnc3ccccn23)CC1)C(C)C. The average Bonchev–Trinajstić information content (AvgIpc) is 3.03. The molecular formula is C18H25N5O2. The number of amides is 2. The zero-order valence-electron chi connectivity index (χ0n) is 15.0. The molecule has 7 nitrogen and oxygen atoms in total. The molecule has 1 aliphatic rings. The number of fused-ring (bicyclic) bond motifs is 1. The number of piperidine rings is 1. The van der Waals surface area contributed by atoms with Gasteiger partial charge in [-0.25, -0.2) is 0 Å². The number of aromatic nitrogens is 3. The van der Waals surface area contributed by atoms with E-state index in [9.17, 15) is 9.59 Å². The van der Waals surface area contributed by atoms with E-state index in [1.807, 2.05) is 47.5 Å². The molecule has 1 saturated heterocycles. The van der Waals surface area contributed by atoms with Crippen molar-refractivity contribution in [2.24, 2.45) is 5.92 Å². The predicted octanol–water partition coefficient (Wildman–Crippen LogP) is 1.60. The Morgan fingerprint density at radius 2 is 1.92 bits per heavy atom. The van der Waals surface area contributed by atoms with E-state index in [0.717, 1.165) is 24.3 Å². The monoisotopic (exact) mass is 343 g/mol. The molecule has 1 unspecified atom stereocenters. The van der Waals surface area contributed by atoms with Crippen LogP contribution in [0.4, 0.5) is 0 Å². The summed E-state index contributed by atoms with van der Waals surface area (Å²) >= 11 is 0. The molecule has 0 saturated carbocycles. The first-order chi connectivity index (χ1) is 12.0. The molecule has 2 amide bonds. The van der Waals surface area contributed by atoms with Gasteiger partial charge in [0.1, 0.15) is 11.9 Å². The number of hydrogen-bond donors (Lipinski definition) is 1. The molecule has 25 heavy (non-hydrogen) atoms. The lowest BCUT2D eigenvalue weighted by Crippen LogP contribution is -2.52. The molecule has 1 aliphatic heterocycles. The van der Waals surface area contributed by atoms with Crippen molar-refractivity contribution in [3.05, 3.63) is 30.2 Å². The highest BCUT2D eigenvalue weighted by Crippen LogP contribution is 2.27. The molecule has 1 N–H and O–H groups in total. The molecule has 7 heteroatoms. The third-order valence-corrected chi connectivity index (χ3v) is 4.80. The van der Waals surface area contributed by atoms with Gasteiger partial charge in [-0.1, -0.05) is 19.9 Å². The lowest BCUT2D eigenvalue weighted by molar-refractivity contribution is -0.138. The first kappa shape index (κ1) is 17.4. The fourth-order valence-corrected chi connectivity index (χ4v) is 3.43. The number of rotatable bonds is 4. The Labute approximate surface area is 147 Å². The lowest BCUT2D eigenvalue weighted by atomic mass is 9.94. The molecule has 134 valence electrons. The van der Waals surface area contributed by atoms with Gasteiger partial charge in [0.25, 0.3) is 0 Å². The smallest absolute Gasteiger partial charge is 0.245 e. The molecular weight excluding hydrogens is 318 g/mol. The fraction of sp³-hybridized carbons (Fsp3) is 0.556. The summed E-state index contributed by atoms with van der Waals surface area (Å²) in [5.41, 5.74) is 0.849. The van der Waals surface area contributed by atoms with E-state index >= 15 is 0 Å². The van der Waals surface area contributed by atoms with E-state index in [0.29, 0.717) is 19.0 Å². The Bertz CT molecular complexity index is 762. The van der Waals surface area contributed by atoms with Crippen LogP contribution in [0.3, 0.4) is 0 Å². The van der Waals surface area contributed by atoms with Crippen LogP contribution in [0.5, 0.6) is 0 Å².